The van der Waals surface area contributed by atoms with Crippen LogP contribution in [0.5, 0.6) is 0 Å². The highest BCUT2D eigenvalue weighted by atomic mass is 33.1. The van der Waals surface area contributed by atoms with E-state index in [9.17, 15) is 13.2 Å². The first kappa shape index (κ1) is 24.2. The second-order valence-corrected chi connectivity index (χ2v) is 9.59. The fourth-order valence-corrected chi connectivity index (χ4v) is 4.03. The SMILES string of the molecule is CSOCCOC(SS(=O)(=O)O)c1ccc(C(=O)NCCNC(C)C)cc1. The molecule has 0 aliphatic carbocycles. The highest BCUT2D eigenvalue weighted by Gasteiger charge is 2.21. The summed E-state index contributed by atoms with van der Waals surface area (Å²) in [5.41, 5.74) is 0.0298. The maximum absolute atomic E-state index is 12.1. The largest absolute Gasteiger partial charge is 0.359 e. The van der Waals surface area contributed by atoms with Crippen molar-refractivity contribution in [3.63, 3.8) is 0 Å². The monoisotopic (exact) mass is 438 g/mol. The lowest BCUT2D eigenvalue weighted by atomic mass is 10.1. The minimum Gasteiger partial charge on any atom is -0.359 e. The van der Waals surface area contributed by atoms with Crippen molar-refractivity contribution in [2.75, 3.05) is 32.6 Å². The Morgan fingerprint density at radius 1 is 1.19 bits per heavy atom. The maximum atomic E-state index is 12.1. The summed E-state index contributed by atoms with van der Waals surface area (Å²) >= 11 is 1.17. The van der Waals surface area contributed by atoms with Gasteiger partial charge in [0.1, 0.15) is 5.44 Å². The van der Waals surface area contributed by atoms with Gasteiger partial charge in [-0.15, -0.1) is 0 Å². The van der Waals surface area contributed by atoms with E-state index in [0.717, 1.165) is 0 Å². The van der Waals surface area contributed by atoms with Gasteiger partial charge in [0.2, 0.25) is 0 Å². The Bertz CT molecular complexity index is 667. The average Bonchev–Trinajstić information content (AvgIpc) is 2.60. The van der Waals surface area contributed by atoms with Gasteiger partial charge in [0, 0.05) is 41.7 Å². The minimum absolute atomic E-state index is 0.152. The van der Waals surface area contributed by atoms with Crippen LogP contribution in [-0.2, 0) is 18.1 Å². The van der Waals surface area contributed by atoms with Gasteiger partial charge in [0.05, 0.1) is 13.2 Å². The van der Waals surface area contributed by atoms with E-state index in [1.54, 1.807) is 30.5 Å². The molecule has 1 aromatic carbocycles. The van der Waals surface area contributed by atoms with Crippen molar-refractivity contribution in [1.82, 2.24) is 10.6 Å². The van der Waals surface area contributed by atoms with Crippen LogP contribution in [0.1, 0.15) is 35.2 Å². The quantitative estimate of drug-likeness (QED) is 0.140. The smallest absolute Gasteiger partial charge is 0.322 e. The minimum atomic E-state index is -4.30. The summed E-state index contributed by atoms with van der Waals surface area (Å²) in [4.78, 5) is 12.1. The molecule has 0 spiro atoms. The van der Waals surface area contributed by atoms with Gasteiger partial charge < -0.3 is 19.6 Å². The van der Waals surface area contributed by atoms with Gasteiger partial charge in [-0.25, -0.2) is 0 Å². The Hall–Kier alpha value is -0.820. The molecule has 0 aromatic heterocycles. The van der Waals surface area contributed by atoms with Crippen LogP contribution in [0.25, 0.3) is 0 Å². The Morgan fingerprint density at radius 2 is 1.85 bits per heavy atom. The fourth-order valence-electron chi connectivity index (χ4n) is 1.99. The van der Waals surface area contributed by atoms with Gasteiger partial charge in [-0.2, -0.15) is 8.42 Å². The molecule has 1 unspecified atom stereocenters. The predicted molar refractivity (Wildman–Crippen MR) is 109 cm³/mol. The van der Waals surface area contributed by atoms with Crippen molar-refractivity contribution in [2.24, 2.45) is 0 Å². The van der Waals surface area contributed by atoms with Crippen LogP contribution in [0.15, 0.2) is 24.3 Å². The molecule has 0 radical (unpaired) electrons. The number of hydrogen-bond acceptors (Lipinski definition) is 8. The summed E-state index contributed by atoms with van der Waals surface area (Å²) in [5, 5.41) is 6.00. The predicted octanol–water partition coefficient (Wildman–Crippen LogP) is 2.26. The molecule has 0 aliphatic heterocycles. The Balaban J connectivity index is 2.68. The third kappa shape index (κ3) is 10.9. The van der Waals surface area contributed by atoms with Crippen LogP contribution >= 0.6 is 22.8 Å². The number of hydrogen-bond donors (Lipinski definition) is 3. The van der Waals surface area contributed by atoms with Crippen LogP contribution in [0, 0.1) is 0 Å². The molecule has 0 saturated heterocycles. The van der Waals surface area contributed by atoms with Crippen molar-refractivity contribution < 1.29 is 26.7 Å². The number of nitrogens with one attached hydrogen (secondary N) is 2. The molecule has 0 fully saturated rings. The van der Waals surface area contributed by atoms with Gasteiger partial charge in [-0.1, -0.05) is 26.0 Å². The number of carbonyl (C=O) groups excluding carboxylic acids is 1. The number of amides is 1. The van der Waals surface area contributed by atoms with Crippen molar-refractivity contribution in [3.05, 3.63) is 35.4 Å². The molecule has 11 heteroatoms. The molecule has 154 valence electrons. The summed E-state index contributed by atoms with van der Waals surface area (Å²) in [5.74, 6) is -0.222. The van der Waals surface area contributed by atoms with Crippen LogP contribution in [0.4, 0.5) is 0 Å². The van der Waals surface area contributed by atoms with E-state index < -0.39 is 14.6 Å². The second kappa shape index (κ2) is 12.6. The van der Waals surface area contributed by atoms with Crippen molar-refractivity contribution >= 4 is 37.9 Å². The van der Waals surface area contributed by atoms with E-state index in [0.29, 0.717) is 30.3 Å². The van der Waals surface area contributed by atoms with E-state index >= 15 is 0 Å². The van der Waals surface area contributed by atoms with Gasteiger partial charge in [0.25, 0.3) is 5.91 Å². The topological polar surface area (TPSA) is 114 Å². The van der Waals surface area contributed by atoms with E-state index in [4.69, 9.17) is 13.5 Å². The average molecular weight is 439 g/mol. The van der Waals surface area contributed by atoms with Crippen molar-refractivity contribution in [1.29, 1.82) is 0 Å². The van der Waals surface area contributed by atoms with E-state index in [1.165, 1.54) is 12.0 Å². The fraction of sp³-hybridized carbons (Fsp3) is 0.562. The van der Waals surface area contributed by atoms with E-state index in [-0.39, 0.29) is 29.9 Å². The van der Waals surface area contributed by atoms with Crippen molar-refractivity contribution in [2.45, 2.75) is 25.3 Å². The molecular formula is C16H26N2O6S3. The summed E-state index contributed by atoms with van der Waals surface area (Å²) in [7, 11) is -4.02. The Kier molecular flexibility index (Phi) is 11.3. The number of benzene rings is 1. The number of rotatable bonds is 13. The van der Waals surface area contributed by atoms with Gasteiger partial charge in [0.15, 0.2) is 0 Å². The van der Waals surface area contributed by atoms with Crippen molar-refractivity contribution in [3.8, 4) is 0 Å². The molecule has 27 heavy (non-hydrogen) atoms. The third-order valence-electron chi connectivity index (χ3n) is 3.17. The van der Waals surface area contributed by atoms with Gasteiger partial charge in [-0.3, -0.25) is 9.35 Å². The second-order valence-electron chi connectivity index (χ2n) is 5.70. The molecule has 0 bridgehead atoms. The molecule has 0 saturated carbocycles. The molecule has 1 atom stereocenters. The summed E-state index contributed by atoms with van der Waals surface area (Å²) < 4.78 is 42.1. The standard InChI is InChI=1S/C16H26N2O6S3/c1-12(2)17-8-9-18-15(19)13-4-6-14(7-5-13)16(26-27(20,21)22)23-10-11-24-25-3/h4-7,12,16-17H,8-11H2,1-3H3,(H,18,19)(H,20,21,22). The first-order valence-electron chi connectivity index (χ1n) is 8.27. The zero-order valence-electron chi connectivity index (χ0n) is 15.5. The molecule has 1 amide bonds. The zero-order valence-corrected chi connectivity index (χ0v) is 18.0. The zero-order chi connectivity index (χ0) is 20.3. The molecule has 3 N–H and O–H groups in total. The van der Waals surface area contributed by atoms with Crippen LogP contribution in [0.3, 0.4) is 0 Å². The molecule has 0 aliphatic rings. The Labute approximate surface area is 168 Å². The number of carbonyl (C=O) groups is 1. The van der Waals surface area contributed by atoms with Gasteiger partial charge >= 0.3 is 9.15 Å². The lowest BCUT2D eigenvalue weighted by molar-refractivity contribution is 0.0894. The molecule has 0 heterocycles. The Morgan fingerprint density at radius 3 is 2.41 bits per heavy atom. The lowest BCUT2D eigenvalue weighted by Gasteiger charge is -2.16. The number of ether oxygens (including phenoxy) is 1. The molecular weight excluding hydrogens is 412 g/mol. The molecule has 8 nitrogen and oxygen atoms in total. The first-order valence-corrected chi connectivity index (χ1v) is 12.3. The maximum Gasteiger partial charge on any atom is 0.322 e. The third-order valence-corrected chi connectivity index (χ3v) is 5.65. The van der Waals surface area contributed by atoms with E-state index in [1.807, 2.05) is 13.8 Å². The highest BCUT2D eigenvalue weighted by molar-refractivity contribution is 8.69. The summed E-state index contributed by atoms with van der Waals surface area (Å²) in [6.07, 6.45) is 1.76. The normalized spacial score (nSPS) is 12.9. The summed E-state index contributed by atoms with van der Waals surface area (Å²) in [6, 6.07) is 6.71. The van der Waals surface area contributed by atoms with Crippen LogP contribution in [-0.4, -0.2) is 57.5 Å². The summed E-state index contributed by atoms with van der Waals surface area (Å²) in [6.45, 7) is 5.64. The van der Waals surface area contributed by atoms with Crippen LogP contribution in [0.2, 0.25) is 0 Å². The van der Waals surface area contributed by atoms with Crippen LogP contribution < -0.4 is 10.6 Å². The lowest BCUT2D eigenvalue weighted by Crippen LogP contribution is -2.34. The van der Waals surface area contributed by atoms with E-state index in [2.05, 4.69) is 10.6 Å². The van der Waals surface area contributed by atoms with Gasteiger partial charge in [-0.05, 0) is 29.7 Å². The molecule has 1 rings (SSSR count). The highest BCUT2D eigenvalue weighted by Crippen LogP contribution is 2.33. The molecule has 1 aromatic rings. The first-order chi connectivity index (χ1) is 12.7.